The Bertz CT molecular complexity index is 1240. The molecule has 5 rings (SSSR count). The van der Waals surface area contributed by atoms with Crippen molar-refractivity contribution in [3.8, 4) is 0 Å². The maximum absolute atomic E-state index is 12.7. The van der Waals surface area contributed by atoms with Crippen LogP contribution in [0.25, 0.3) is 11.2 Å². The molecule has 0 amide bonds. The van der Waals surface area contributed by atoms with Gasteiger partial charge in [-0.3, -0.25) is 9.36 Å². The number of benzene rings is 1. The van der Waals surface area contributed by atoms with Crippen molar-refractivity contribution in [3.05, 3.63) is 70.1 Å². The zero-order valence-corrected chi connectivity index (χ0v) is 16.1. The third-order valence-corrected chi connectivity index (χ3v) is 5.27. The Labute approximate surface area is 166 Å². The number of ether oxygens (including phenoxy) is 1. The van der Waals surface area contributed by atoms with Gasteiger partial charge in [0, 0.05) is 13.0 Å². The molecule has 0 spiro atoms. The number of hydrogen-bond donors (Lipinski definition) is 0. The van der Waals surface area contributed by atoms with E-state index in [0.29, 0.717) is 29.5 Å². The standard InChI is InChI=1S/C20H20N6O3/c1-12-4-3-5-13(6-12)15-7-14(9-28-15)18-23-16(29-24-18)8-26-11-22-19-17(20(26)27)25(2)10-21-19/h3-6,10-11,14-15H,7-9H2,1-2H3/t14-,15+/m0/s1. The second-order valence-electron chi connectivity index (χ2n) is 7.42. The highest BCUT2D eigenvalue weighted by Crippen LogP contribution is 2.37. The maximum Gasteiger partial charge on any atom is 0.280 e. The van der Waals surface area contributed by atoms with E-state index < -0.39 is 0 Å². The molecule has 0 N–H and O–H groups in total. The number of nitrogens with zero attached hydrogens (tertiary/aromatic N) is 6. The smallest absolute Gasteiger partial charge is 0.280 e. The molecular formula is C20H20N6O3. The van der Waals surface area contributed by atoms with Crippen LogP contribution in [0.1, 0.15) is 41.3 Å². The van der Waals surface area contributed by atoms with Gasteiger partial charge in [0.1, 0.15) is 12.9 Å². The SMILES string of the molecule is Cc1cccc([C@H]2C[C@H](c3noc(Cn4cnc5ncn(C)c5c4=O)n3)CO2)c1. The number of aryl methyl sites for hydroxylation is 2. The number of hydrogen-bond acceptors (Lipinski definition) is 7. The minimum absolute atomic E-state index is 0.0286. The van der Waals surface area contributed by atoms with Gasteiger partial charge >= 0.3 is 0 Å². The van der Waals surface area contributed by atoms with E-state index in [-0.39, 0.29) is 24.1 Å². The average molecular weight is 392 g/mol. The third-order valence-electron chi connectivity index (χ3n) is 5.27. The number of imidazole rings is 1. The van der Waals surface area contributed by atoms with Crippen LogP contribution in [0, 0.1) is 6.92 Å². The molecule has 0 saturated carbocycles. The molecule has 3 aromatic heterocycles. The van der Waals surface area contributed by atoms with Crippen molar-refractivity contribution in [2.45, 2.75) is 31.9 Å². The highest BCUT2D eigenvalue weighted by Gasteiger charge is 2.31. The molecule has 4 aromatic rings. The predicted molar refractivity (Wildman–Crippen MR) is 103 cm³/mol. The second kappa shape index (κ2) is 6.93. The highest BCUT2D eigenvalue weighted by atomic mass is 16.5. The Balaban J connectivity index is 1.33. The van der Waals surface area contributed by atoms with Crippen LogP contribution < -0.4 is 5.56 Å². The molecule has 2 atom stereocenters. The van der Waals surface area contributed by atoms with Crippen LogP contribution in [0.5, 0.6) is 0 Å². The van der Waals surface area contributed by atoms with E-state index in [2.05, 4.69) is 45.2 Å². The van der Waals surface area contributed by atoms with Crippen molar-refractivity contribution in [1.82, 2.24) is 29.2 Å². The third kappa shape index (κ3) is 3.23. The van der Waals surface area contributed by atoms with E-state index in [4.69, 9.17) is 9.26 Å². The van der Waals surface area contributed by atoms with Gasteiger partial charge < -0.3 is 13.8 Å². The summed E-state index contributed by atoms with van der Waals surface area (Å²) in [5, 5.41) is 4.12. The topological polar surface area (TPSA) is 101 Å². The van der Waals surface area contributed by atoms with Crippen molar-refractivity contribution < 1.29 is 9.26 Å². The average Bonchev–Trinajstić information content (AvgIpc) is 3.44. The van der Waals surface area contributed by atoms with Gasteiger partial charge in [0.2, 0.25) is 5.89 Å². The first-order valence-corrected chi connectivity index (χ1v) is 9.45. The van der Waals surface area contributed by atoms with Gasteiger partial charge in [0.25, 0.3) is 5.56 Å². The second-order valence-corrected chi connectivity index (χ2v) is 7.42. The summed E-state index contributed by atoms with van der Waals surface area (Å²) in [5.74, 6) is 1.04. The largest absolute Gasteiger partial charge is 0.373 e. The molecule has 4 heterocycles. The summed E-state index contributed by atoms with van der Waals surface area (Å²) in [6, 6.07) is 8.33. The number of rotatable bonds is 4. The van der Waals surface area contributed by atoms with Gasteiger partial charge in [-0.2, -0.15) is 4.98 Å². The van der Waals surface area contributed by atoms with Crippen LogP contribution in [0.4, 0.5) is 0 Å². The fraction of sp³-hybridized carbons (Fsp3) is 0.350. The van der Waals surface area contributed by atoms with E-state index in [0.717, 1.165) is 6.42 Å². The molecule has 1 fully saturated rings. The van der Waals surface area contributed by atoms with E-state index in [1.54, 1.807) is 17.9 Å². The van der Waals surface area contributed by atoms with Gasteiger partial charge in [0.05, 0.1) is 19.0 Å². The lowest BCUT2D eigenvalue weighted by Crippen LogP contribution is -2.22. The lowest BCUT2D eigenvalue weighted by Gasteiger charge is -2.09. The molecule has 1 aromatic carbocycles. The lowest BCUT2D eigenvalue weighted by atomic mass is 9.99. The zero-order valence-electron chi connectivity index (χ0n) is 16.1. The molecule has 9 heteroatoms. The summed E-state index contributed by atoms with van der Waals surface area (Å²) in [6.45, 7) is 2.77. The van der Waals surface area contributed by atoms with Crippen LogP contribution >= 0.6 is 0 Å². The molecule has 148 valence electrons. The molecule has 0 unspecified atom stereocenters. The summed E-state index contributed by atoms with van der Waals surface area (Å²) in [6.07, 6.45) is 3.85. The summed E-state index contributed by atoms with van der Waals surface area (Å²) >= 11 is 0. The van der Waals surface area contributed by atoms with Gasteiger partial charge in [0.15, 0.2) is 17.0 Å². The van der Waals surface area contributed by atoms with Gasteiger partial charge in [-0.15, -0.1) is 0 Å². The van der Waals surface area contributed by atoms with Crippen LogP contribution in [0.15, 0.2) is 46.2 Å². The summed E-state index contributed by atoms with van der Waals surface area (Å²) in [5.41, 5.74) is 3.04. The lowest BCUT2D eigenvalue weighted by molar-refractivity contribution is 0.110. The van der Waals surface area contributed by atoms with E-state index in [1.807, 2.05) is 6.07 Å². The van der Waals surface area contributed by atoms with Crippen molar-refractivity contribution in [3.63, 3.8) is 0 Å². The summed E-state index contributed by atoms with van der Waals surface area (Å²) in [4.78, 5) is 25.5. The number of fused-ring (bicyclic) bond motifs is 1. The first-order chi connectivity index (χ1) is 14.1. The van der Waals surface area contributed by atoms with Crippen LogP contribution in [-0.2, 0) is 18.3 Å². The first-order valence-electron chi connectivity index (χ1n) is 9.45. The Morgan fingerprint density at radius 2 is 2.10 bits per heavy atom. The molecule has 0 radical (unpaired) electrons. The Morgan fingerprint density at radius 1 is 1.24 bits per heavy atom. The highest BCUT2D eigenvalue weighted by molar-refractivity contribution is 5.68. The summed E-state index contributed by atoms with van der Waals surface area (Å²) < 4.78 is 14.5. The van der Waals surface area contributed by atoms with Gasteiger partial charge in [-0.25, -0.2) is 9.97 Å². The van der Waals surface area contributed by atoms with E-state index in [9.17, 15) is 4.79 Å². The molecule has 1 aliphatic rings. The molecule has 0 bridgehead atoms. The molecule has 1 aliphatic heterocycles. The predicted octanol–water partition coefficient (Wildman–Crippen LogP) is 2.11. The Kier molecular flexibility index (Phi) is 4.24. The monoisotopic (exact) mass is 392 g/mol. The van der Waals surface area contributed by atoms with E-state index in [1.165, 1.54) is 22.0 Å². The van der Waals surface area contributed by atoms with Crippen LogP contribution in [0.3, 0.4) is 0 Å². The van der Waals surface area contributed by atoms with E-state index >= 15 is 0 Å². The van der Waals surface area contributed by atoms with Crippen molar-refractivity contribution >= 4 is 11.2 Å². The normalized spacial score (nSPS) is 19.2. The van der Waals surface area contributed by atoms with Gasteiger partial charge in [-0.1, -0.05) is 35.0 Å². The van der Waals surface area contributed by atoms with Crippen LogP contribution in [0.2, 0.25) is 0 Å². The summed E-state index contributed by atoms with van der Waals surface area (Å²) in [7, 11) is 1.76. The Hall–Kier alpha value is -3.33. The minimum atomic E-state index is -0.196. The van der Waals surface area contributed by atoms with Crippen molar-refractivity contribution in [2.75, 3.05) is 6.61 Å². The Morgan fingerprint density at radius 3 is 2.97 bits per heavy atom. The minimum Gasteiger partial charge on any atom is -0.373 e. The molecule has 1 saturated heterocycles. The quantitative estimate of drug-likeness (QED) is 0.524. The number of aromatic nitrogens is 6. The molecule has 0 aliphatic carbocycles. The zero-order chi connectivity index (χ0) is 20.0. The van der Waals surface area contributed by atoms with Crippen molar-refractivity contribution in [2.24, 2.45) is 7.05 Å². The molecular weight excluding hydrogens is 372 g/mol. The molecule has 9 nitrogen and oxygen atoms in total. The first kappa shape index (κ1) is 17.7. The van der Waals surface area contributed by atoms with Gasteiger partial charge in [-0.05, 0) is 18.9 Å². The van der Waals surface area contributed by atoms with Crippen molar-refractivity contribution in [1.29, 1.82) is 0 Å². The fourth-order valence-corrected chi connectivity index (χ4v) is 3.74. The maximum atomic E-state index is 12.7. The van der Waals surface area contributed by atoms with Crippen LogP contribution in [-0.4, -0.2) is 35.8 Å². The molecule has 29 heavy (non-hydrogen) atoms. The fourth-order valence-electron chi connectivity index (χ4n) is 3.74.